The van der Waals surface area contributed by atoms with Crippen molar-refractivity contribution in [3.63, 3.8) is 0 Å². The number of carbonyl (C=O) groups is 1. The number of aromatic nitrogens is 1. The van der Waals surface area contributed by atoms with Gasteiger partial charge in [-0.1, -0.05) is 97.0 Å². The molecule has 37 heavy (non-hydrogen) atoms. The zero-order valence-corrected chi connectivity index (χ0v) is 21.0. The number of aliphatic hydroxyl groups is 1. The summed E-state index contributed by atoms with van der Waals surface area (Å²) in [5, 5.41) is 17.0. The molecule has 1 aliphatic rings. The van der Waals surface area contributed by atoms with Crippen LogP contribution in [-0.2, 0) is 10.2 Å². The Labute approximate surface area is 216 Å². The van der Waals surface area contributed by atoms with Crippen molar-refractivity contribution in [2.45, 2.75) is 44.6 Å². The molecule has 6 nitrogen and oxygen atoms in total. The monoisotopic (exact) mass is 494 g/mol. The standard InChI is InChI=1S/C31H30N2O4/c1-20-28(32-30(35)36-21(2)23-8-5-4-6-9-23)29(37-33-20)26-12-10-24(11-13-26)25-14-16-27(17-15-25)31(22(3)34)18-7-19-31/h4-6,8-17,21,34H,3,7,18-19H2,1-2H3,(H,32,35)/t21-/m1/s1. The molecule has 1 saturated carbocycles. The van der Waals surface area contributed by atoms with Crippen molar-refractivity contribution in [3.05, 3.63) is 108 Å². The Hall–Kier alpha value is -4.32. The number of carbonyl (C=O) groups excluding carboxylic acids is 1. The Kier molecular flexibility index (Phi) is 6.57. The van der Waals surface area contributed by atoms with Gasteiger partial charge in [0, 0.05) is 5.56 Å². The number of allylic oxidation sites excluding steroid dienone is 1. The van der Waals surface area contributed by atoms with Crippen LogP contribution in [0.25, 0.3) is 22.5 Å². The highest BCUT2D eigenvalue weighted by molar-refractivity contribution is 5.91. The van der Waals surface area contributed by atoms with Crippen molar-refractivity contribution in [1.29, 1.82) is 0 Å². The first-order valence-electron chi connectivity index (χ1n) is 12.5. The minimum absolute atomic E-state index is 0.251. The van der Waals surface area contributed by atoms with Crippen molar-refractivity contribution >= 4 is 11.8 Å². The second-order valence-corrected chi connectivity index (χ2v) is 9.59. The molecule has 0 unspecified atom stereocenters. The second kappa shape index (κ2) is 9.97. The van der Waals surface area contributed by atoms with Gasteiger partial charge < -0.3 is 14.4 Å². The van der Waals surface area contributed by atoms with Crippen LogP contribution in [0.5, 0.6) is 0 Å². The summed E-state index contributed by atoms with van der Waals surface area (Å²) in [5.41, 5.74) is 5.67. The lowest BCUT2D eigenvalue weighted by Gasteiger charge is -2.41. The van der Waals surface area contributed by atoms with Crippen LogP contribution in [0.1, 0.15) is 49.1 Å². The highest BCUT2D eigenvalue weighted by Gasteiger charge is 2.41. The van der Waals surface area contributed by atoms with Crippen molar-refractivity contribution in [3.8, 4) is 22.5 Å². The summed E-state index contributed by atoms with van der Waals surface area (Å²) in [6, 6.07) is 25.8. The molecular formula is C31H30N2O4. The molecule has 1 atom stereocenters. The summed E-state index contributed by atoms with van der Waals surface area (Å²) >= 11 is 0. The van der Waals surface area contributed by atoms with Gasteiger partial charge in [-0.05, 0) is 48.9 Å². The lowest BCUT2D eigenvalue weighted by molar-refractivity contribution is 0.121. The van der Waals surface area contributed by atoms with E-state index in [4.69, 9.17) is 9.26 Å². The van der Waals surface area contributed by atoms with E-state index in [0.29, 0.717) is 17.1 Å². The Morgan fingerprint density at radius 2 is 1.59 bits per heavy atom. The third kappa shape index (κ3) is 4.75. The predicted octanol–water partition coefficient (Wildman–Crippen LogP) is 8.12. The lowest BCUT2D eigenvalue weighted by atomic mass is 9.63. The Morgan fingerprint density at radius 3 is 2.16 bits per heavy atom. The molecule has 1 amide bonds. The van der Waals surface area contributed by atoms with Gasteiger partial charge in [0.25, 0.3) is 0 Å². The Morgan fingerprint density at radius 1 is 1.00 bits per heavy atom. The number of benzene rings is 3. The van der Waals surface area contributed by atoms with Gasteiger partial charge in [-0.25, -0.2) is 4.79 Å². The molecule has 2 N–H and O–H groups in total. The van der Waals surface area contributed by atoms with E-state index in [2.05, 4.69) is 41.3 Å². The molecule has 0 saturated heterocycles. The Balaban J connectivity index is 1.30. The molecule has 0 bridgehead atoms. The van der Waals surface area contributed by atoms with E-state index in [0.717, 1.165) is 47.1 Å². The summed E-state index contributed by atoms with van der Waals surface area (Å²) in [6.45, 7) is 7.41. The van der Waals surface area contributed by atoms with Gasteiger partial charge in [0.1, 0.15) is 17.5 Å². The van der Waals surface area contributed by atoms with E-state index in [9.17, 15) is 9.90 Å². The number of anilines is 1. The van der Waals surface area contributed by atoms with Crippen molar-refractivity contribution < 1.29 is 19.2 Å². The number of hydrogen-bond donors (Lipinski definition) is 2. The maximum atomic E-state index is 12.6. The van der Waals surface area contributed by atoms with Crippen LogP contribution in [-0.4, -0.2) is 16.4 Å². The molecule has 6 heteroatoms. The summed E-state index contributed by atoms with van der Waals surface area (Å²) in [4.78, 5) is 12.6. The van der Waals surface area contributed by atoms with Crippen LogP contribution in [0.4, 0.5) is 10.5 Å². The van der Waals surface area contributed by atoms with Gasteiger partial charge in [0.2, 0.25) is 0 Å². The van der Waals surface area contributed by atoms with Crippen LogP contribution in [0, 0.1) is 6.92 Å². The maximum Gasteiger partial charge on any atom is 0.412 e. The maximum absolute atomic E-state index is 12.6. The number of nitrogens with one attached hydrogen (secondary N) is 1. The fourth-order valence-corrected chi connectivity index (χ4v) is 4.87. The highest BCUT2D eigenvalue weighted by Crippen LogP contribution is 2.48. The van der Waals surface area contributed by atoms with Crippen molar-refractivity contribution in [2.75, 3.05) is 5.32 Å². The molecule has 1 aliphatic carbocycles. The highest BCUT2D eigenvalue weighted by atomic mass is 16.6. The molecule has 0 aliphatic heterocycles. The fourth-order valence-electron chi connectivity index (χ4n) is 4.87. The van der Waals surface area contributed by atoms with E-state index >= 15 is 0 Å². The molecule has 1 aromatic heterocycles. The first kappa shape index (κ1) is 24.4. The zero-order chi connectivity index (χ0) is 26.0. The molecule has 1 heterocycles. The third-order valence-electron chi connectivity index (χ3n) is 7.32. The summed E-state index contributed by atoms with van der Waals surface area (Å²) in [5.74, 6) is 0.720. The summed E-state index contributed by atoms with van der Waals surface area (Å²) in [6.07, 6.45) is 2.00. The SMILES string of the molecule is C=C(O)C1(c2ccc(-c3ccc(-c4onc(C)c4NC(=O)O[C@H](C)c4ccccc4)cc3)cc2)CCC1. The molecule has 4 aromatic rings. The fraction of sp³-hybridized carbons (Fsp3) is 0.226. The number of hydrogen-bond acceptors (Lipinski definition) is 5. The number of aliphatic hydroxyl groups excluding tert-OH is 1. The molecule has 0 radical (unpaired) electrons. The molecule has 3 aromatic carbocycles. The van der Waals surface area contributed by atoms with Gasteiger partial charge in [-0.2, -0.15) is 0 Å². The van der Waals surface area contributed by atoms with E-state index in [1.54, 1.807) is 6.92 Å². The average Bonchev–Trinajstić information content (AvgIpc) is 3.24. The van der Waals surface area contributed by atoms with Crippen LogP contribution in [0.3, 0.4) is 0 Å². The molecule has 188 valence electrons. The second-order valence-electron chi connectivity index (χ2n) is 9.59. The predicted molar refractivity (Wildman–Crippen MR) is 144 cm³/mol. The first-order valence-corrected chi connectivity index (χ1v) is 12.5. The summed E-state index contributed by atoms with van der Waals surface area (Å²) in [7, 11) is 0. The number of ether oxygens (including phenoxy) is 1. The van der Waals surface area contributed by atoms with Crippen LogP contribution in [0.2, 0.25) is 0 Å². The number of aryl methyl sites for hydroxylation is 1. The zero-order valence-electron chi connectivity index (χ0n) is 21.0. The normalized spacial score (nSPS) is 14.9. The van der Waals surface area contributed by atoms with Crippen molar-refractivity contribution in [2.24, 2.45) is 0 Å². The van der Waals surface area contributed by atoms with Crippen LogP contribution < -0.4 is 5.32 Å². The van der Waals surface area contributed by atoms with Crippen LogP contribution in [0.15, 0.2) is 95.7 Å². The quantitative estimate of drug-likeness (QED) is 0.253. The molecule has 1 fully saturated rings. The van der Waals surface area contributed by atoms with Crippen LogP contribution >= 0.6 is 0 Å². The first-order chi connectivity index (χ1) is 17.9. The number of rotatable bonds is 7. The van der Waals surface area contributed by atoms with E-state index in [1.165, 1.54) is 0 Å². The smallest absolute Gasteiger partial charge is 0.412 e. The van der Waals surface area contributed by atoms with E-state index < -0.39 is 12.2 Å². The third-order valence-corrected chi connectivity index (χ3v) is 7.32. The largest absolute Gasteiger partial charge is 0.512 e. The minimum Gasteiger partial charge on any atom is -0.512 e. The topological polar surface area (TPSA) is 84.6 Å². The van der Waals surface area contributed by atoms with Gasteiger partial charge in [0.05, 0.1) is 11.2 Å². The molecular weight excluding hydrogens is 464 g/mol. The van der Waals surface area contributed by atoms with Gasteiger partial charge >= 0.3 is 6.09 Å². The van der Waals surface area contributed by atoms with Gasteiger partial charge in [-0.15, -0.1) is 0 Å². The van der Waals surface area contributed by atoms with Gasteiger partial charge in [0.15, 0.2) is 5.76 Å². The molecule has 0 spiro atoms. The van der Waals surface area contributed by atoms with Gasteiger partial charge in [-0.3, -0.25) is 5.32 Å². The number of amides is 1. The number of nitrogens with zero attached hydrogens (tertiary/aromatic N) is 1. The summed E-state index contributed by atoms with van der Waals surface area (Å²) < 4.78 is 11.1. The van der Waals surface area contributed by atoms with E-state index in [-0.39, 0.29) is 11.2 Å². The lowest BCUT2D eigenvalue weighted by Crippen LogP contribution is -2.35. The van der Waals surface area contributed by atoms with E-state index in [1.807, 2.05) is 61.5 Å². The van der Waals surface area contributed by atoms with Crippen molar-refractivity contribution in [1.82, 2.24) is 5.16 Å². The average molecular weight is 495 g/mol. The molecule has 5 rings (SSSR count). The minimum atomic E-state index is -0.574. The Bertz CT molecular complexity index is 1400.